The average Bonchev–Trinajstić information content (AvgIpc) is 2.28. The molecule has 0 bridgehead atoms. The van der Waals surface area contributed by atoms with Crippen LogP contribution in [0, 0.1) is 11.3 Å². The van der Waals surface area contributed by atoms with E-state index in [0.29, 0.717) is 16.5 Å². The van der Waals surface area contributed by atoms with E-state index in [2.05, 4.69) is 4.98 Å². The number of hydrogen-bond donors (Lipinski definition) is 1. The molecule has 0 aliphatic heterocycles. The normalized spacial score (nSPS) is 9.87. The van der Waals surface area contributed by atoms with Gasteiger partial charge in [-0.15, -0.1) is 0 Å². The Morgan fingerprint density at radius 1 is 1.40 bits per heavy atom. The van der Waals surface area contributed by atoms with E-state index in [1.807, 2.05) is 6.07 Å². The summed E-state index contributed by atoms with van der Waals surface area (Å²) < 4.78 is 5.12. The van der Waals surface area contributed by atoms with Gasteiger partial charge in [-0.05, 0) is 18.2 Å². The lowest BCUT2D eigenvalue weighted by Crippen LogP contribution is -2.07. The molecule has 0 fully saturated rings. The lowest BCUT2D eigenvalue weighted by molar-refractivity contribution is 0.420. The molecule has 0 amide bonds. The van der Waals surface area contributed by atoms with Crippen LogP contribution in [0.25, 0.3) is 10.8 Å². The van der Waals surface area contributed by atoms with Crippen molar-refractivity contribution in [2.45, 2.75) is 0 Å². The second-order valence-corrected chi connectivity index (χ2v) is 3.05. The molecule has 1 aromatic heterocycles. The van der Waals surface area contributed by atoms with Gasteiger partial charge < -0.3 is 9.72 Å². The summed E-state index contributed by atoms with van der Waals surface area (Å²) in [6, 6.07) is 8.69. The van der Waals surface area contributed by atoms with Crippen LogP contribution in [0.15, 0.2) is 29.1 Å². The molecule has 0 saturated heterocycles. The zero-order valence-electron chi connectivity index (χ0n) is 8.07. The van der Waals surface area contributed by atoms with Gasteiger partial charge in [0.15, 0.2) is 0 Å². The van der Waals surface area contributed by atoms with Crippen LogP contribution in [0.3, 0.4) is 0 Å². The summed E-state index contributed by atoms with van der Waals surface area (Å²) in [6.45, 7) is 0. The fourth-order valence-electron chi connectivity index (χ4n) is 1.50. The van der Waals surface area contributed by atoms with Crippen LogP contribution >= 0.6 is 0 Å². The van der Waals surface area contributed by atoms with Gasteiger partial charge in [0.25, 0.3) is 5.56 Å². The monoisotopic (exact) mass is 200 g/mol. The molecule has 0 aliphatic carbocycles. The van der Waals surface area contributed by atoms with Gasteiger partial charge in [-0.25, -0.2) is 0 Å². The van der Waals surface area contributed by atoms with E-state index in [1.54, 1.807) is 24.3 Å². The smallest absolute Gasteiger partial charge is 0.256 e. The molecule has 1 heterocycles. The fourth-order valence-corrected chi connectivity index (χ4v) is 1.50. The number of pyridine rings is 1. The van der Waals surface area contributed by atoms with E-state index < -0.39 is 0 Å². The highest BCUT2D eigenvalue weighted by Gasteiger charge is 2.05. The first-order chi connectivity index (χ1) is 7.26. The zero-order chi connectivity index (χ0) is 10.8. The van der Waals surface area contributed by atoms with Crippen LogP contribution in [0.1, 0.15) is 5.69 Å². The summed E-state index contributed by atoms with van der Waals surface area (Å²) in [5, 5.41) is 9.90. The maximum Gasteiger partial charge on any atom is 0.256 e. The Bertz CT molecular complexity index is 608. The van der Waals surface area contributed by atoms with E-state index in [-0.39, 0.29) is 11.3 Å². The molecule has 4 heteroatoms. The first-order valence-corrected chi connectivity index (χ1v) is 4.36. The number of benzene rings is 1. The number of rotatable bonds is 1. The zero-order valence-corrected chi connectivity index (χ0v) is 8.07. The highest BCUT2D eigenvalue weighted by molar-refractivity contribution is 5.88. The largest absolute Gasteiger partial charge is 0.496 e. The Kier molecular flexibility index (Phi) is 2.14. The number of methoxy groups -OCH3 is 1. The minimum Gasteiger partial charge on any atom is -0.496 e. The van der Waals surface area contributed by atoms with Crippen LogP contribution in [-0.2, 0) is 0 Å². The summed E-state index contributed by atoms with van der Waals surface area (Å²) >= 11 is 0. The third-order valence-electron chi connectivity index (χ3n) is 2.19. The Balaban J connectivity index is 2.93. The van der Waals surface area contributed by atoms with Gasteiger partial charge in [0, 0.05) is 5.39 Å². The van der Waals surface area contributed by atoms with Crippen molar-refractivity contribution in [3.8, 4) is 11.8 Å². The Morgan fingerprint density at radius 3 is 2.87 bits per heavy atom. The molecular weight excluding hydrogens is 192 g/mol. The lowest BCUT2D eigenvalue weighted by Gasteiger charge is -2.04. The molecule has 4 nitrogen and oxygen atoms in total. The molecule has 2 aromatic rings. The molecule has 0 saturated carbocycles. The standard InChI is InChI=1S/C11H8N2O2/c1-15-10-4-2-3-8-9(10)5-7(6-12)13-11(8)14/h2-5H,1H3,(H,13,14). The lowest BCUT2D eigenvalue weighted by atomic mass is 10.1. The maximum atomic E-state index is 11.6. The van der Waals surface area contributed by atoms with E-state index >= 15 is 0 Å². The number of H-pyrrole nitrogens is 1. The first-order valence-electron chi connectivity index (χ1n) is 4.36. The maximum absolute atomic E-state index is 11.6. The number of aromatic nitrogens is 1. The second kappa shape index (κ2) is 3.46. The quantitative estimate of drug-likeness (QED) is 0.756. The number of nitriles is 1. The number of fused-ring (bicyclic) bond motifs is 1. The molecule has 2 rings (SSSR count). The van der Waals surface area contributed by atoms with Crippen LogP contribution < -0.4 is 10.3 Å². The van der Waals surface area contributed by atoms with Crippen molar-refractivity contribution in [2.24, 2.45) is 0 Å². The highest BCUT2D eigenvalue weighted by Crippen LogP contribution is 2.22. The molecule has 15 heavy (non-hydrogen) atoms. The van der Waals surface area contributed by atoms with Crippen molar-refractivity contribution in [3.63, 3.8) is 0 Å². The topological polar surface area (TPSA) is 65.9 Å². The minimum atomic E-state index is -0.275. The van der Waals surface area contributed by atoms with E-state index in [4.69, 9.17) is 10.00 Å². The van der Waals surface area contributed by atoms with Crippen molar-refractivity contribution in [2.75, 3.05) is 7.11 Å². The molecule has 74 valence electrons. The van der Waals surface area contributed by atoms with Gasteiger partial charge in [0.1, 0.15) is 17.5 Å². The van der Waals surface area contributed by atoms with Crippen molar-refractivity contribution in [1.29, 1.82) is 5.26 Å². The first kappa shape index (κ1) is 9.28. The van der Waals surface area contributed by atoms with E-state index in [9.17, 15) is 4.79 Å². The van der Waals surface area contributed by atoms with Gasteiger partial charge in [-0.3, -0.25) is 4.79 Å². The molecule has 1 N–H and O–H groups in total. The molecular formula is C11H8N2O2. The highest BCUT2D eigenvalue weighted by atomic mass is 16.5. The molecule has 0 atom stereocenters. The molecule has 0 spiro atoms. The van der Waals surface area contributed by atoms with Gasteiger partial charge in [0.2, 0.25) is 0 Å². The number of aromatic amines is 1. The van der Waals surface area contributed by atoms with E-state index in [0.717, 1.165) is 0 Å². The Hall–Kier alpha value is -2.28. The average molecular weight is 200 g/mol. The van der Waals surface area contributed by atoms with Crippen molar-refractivity contribution in [3.05, 3.63) is 40.3 Å². The van der Waals surface area contributed by atoms with Crippen LogP contribution in [0.2, 0.25) is 0 Å². The Morgan fingerprint density at radius 2 is 2.20 bits per heavy atom. The van der Waals surface area contributed by atoms with Crippen LogP contribution in [0.4, 0.5) is 0 Å². The summed E-state index contributed by atoms with van der Waals surface area (Å²) in [6.07, 6.45) is 0. The van der Waals surface area contributed by atoms with E-state index in [1.165, 1.54) is 7.11 Å². The number of nitrogens with zero attached hydrogens (tertiary/aromatic N) is 1. The molecule has 0 unspecified atom stereocenters. The van der Waals surface area contributed by atoms with Crippen LogP contribution in [0.5, 0.6) is 5.75 Å². The third-order valence-corrected chi connectivity index (χ3v) is 2.19. The summed E-state index contributed by atoms with van der Waals surface area (Å²) in [4.78, 5) is 14.0. The number of ether oxygens (including phenoxy) is 1. The second-order valence-electron chi connectivity index (χ2n) is 3.05. The molecule has 0 aliphatic rings. The van der Waals surface area contributed by atoms with Gasteiger partial charge >= 0.3 is 0 Å². The van der Waals surface area contributed by atoms with Gasteiger partial charge in [-0.1, -0.05) is 6.07 Å². The molecule has 0 radical (unpaired) electrons. The predicted molar refractivity (Wildman–Crippen MR) is 55.8 cm³/mol. The number of nitrogens with one attached hydrogen (secondary N) is 1. The summed E-state index contributed by atoms with van der Waals surface area (Å²) in [7, 11) is 1.53. The minimum absolute atomic E-state index is 0.233. The van der Waals surface area contributed by atoms with Crippen molar-refractivity contribution < 1.29 is 4.74 Å². The SMILES string of the molecule is COc1cccc2c(=O)[nH]c(C#N)cc12. The fraction of sp³-hybridized carbons (Fsp3) is 0.0909. The number of hydrogen-bond acceptors (Lipinski definition) is 3. The van der Waals surface area contributed by atoms with Crippen molar-refractivity contribution >= 4 is 10.8 Å². The Labute approximate surface area is 85.7 Å². The van der Waals surface area contributed by atoms with Gasteiger partial charge in [0.05, 0.1) is 12.5 Å². The summed E-state index contributed by atoms with van der Waals surface area (Å²) in [5.41, 5.74) is -0.0417. The third kappa shape index (κ3) is 1.44. The molecule has 1 aromatic carbocycles. The van der Waals surface area contributed by atoms with Gasteiger partial charge in [-0.2, -0.15) is 5.26 Å². The predicted octanol–water partition coefficient (Wildman–Crippen LogP) is 1.41. The summed E-state index contributed by atoms with van der Waals surface area (Å²) in [5.74, 6) is 0.593. The van der Waals surface area contributed by atoms with Crippen molar-refractivity contribution in [1.82, 2.24) is 4.98 Å². The van der Waals surface area contributed by atoms with Crippen LogP contribution in [-0.4, -0.2) is 12.1 Å².